The van der Waals surface area contributed by atoms with Crippen molar-refractivity contribution in [3.8, 4) is 5.88 Å². The summed E-state index contributed by atoms with van der Waals surface area (Å²) in [7, 11) is 0. The number of anilines is 1. The van der Waals surface area contributed by atoms with Gasteiger partial charge in [-0.25, -0.2) is 9.37 Å². The summed E-state index contributed by atoms with van der Waals surface area (Å²) in [6.45, 7) is 2.78. The van der Waals surface area contributed by atoms with Crippen molar-refractivity contribution in [2.45, 2.75) is 32.2 Å². The predicted octanol–water partition coefficient (Wildman–Crippen LogP) is 2.75. The van der Waals surface area contributed by atoms with Gasteiger partial charge < -0.3 is 15.4 Å². The first-order chi connectivity index (χ1) is 12.6. The molecule has 3 rings (SSSR count). The molecule has 26 heavy (non-hydrogen) atoms. The van der Waals surface area contributed by atoms with E-state index in [0.29, 0.717) is 23.7 Å². The number of hydrogen-bond acceptors (Lipinski definition) is 4. The highest BCUT2D eigenvalue weighted by Crippen LogP contribution is 2.33. The summed E-state index contributed by atoms with van der Waals surface area (Å²) in [6.07, 6.45) is 2.51. The number of benzene rings is 1. The Balaban J connectivity index is 1.73. The molecule has 0 saturated heterocycles. The molecule has 136 valence electrons. The molecule has 1 aromatic carbocycles. The maximum atomic E-state index is 13.4. The standard InChI is InChI=1S/C19H20FN3O3/c1-2-8-26-19-12(4-3-7-21-19)11-22-18(25)15-10-17(24)23-16-9-13(20)5-6-14(15)16/h3-7,9,15H,2,8,10-11H2,1H3,(H,22,25)(H,23,24)/t15-/m1/s1. The lowest BCUT2D eigenvalue weighted by Crippen LogP contribution is -2.34. The van der Waals surface area contributed by atoms with Crippen molar-refractivity contribution >= 4 is 17.5 Å². The summed E-state index contributed by atoms with van der Waals surface area (Å²) in [4.78, 5) is 28.7. The molecule has 7 heteroatoms. The Labute approximate surface area is 150 Å². The molecule has 0 radical (unpaired) electrons. The minimum Gasteiger partial charge on any atom is -0.477 e. The number of aromatic nitrogens is 1. The van der Waals surface area contributed by atoms with E-state index in [2.05, 4.69) is 15.6 Å². The molecule has 1 aromatic heterocycles. The highest BCUT2D eigenvalue weighted by atomic mass is 19.1. The molecular weight excluding hydrogens is 337 g/mol. The number of hydrogen-bond donors (Lipinski definition) is 2. The molecular formula is C19H20FN3O3. The Morgan fingerprint density at radius 1 is 1.42 bits per heavy atom. The Morgan fingerprint density at radius 3 is 3.08 bits per heavy atom. The second kappa shape index (κ2) is 7.95. The Kier molecular flexibility index (Phi) is 5.46. The van der Waals surface area contributed by atoms with E-state index in [-0.39, 0.29) is 24.8 Å². The monoisotopic (exact) mass is 357 g/mol. The number of pyridine rings is 1. The van der Waals surface area contributed by atoms with Gasteiger partial charge in [-0.1, -0.05) is 19.1 Å². The van der Waals surface area contributed by atoms with E-state index in [1.165, 1.54) is 18.2 Å². The fourth-order valence-electron chi connectivity index (χ4n) is 2.86. The molecule has 2 heterocycles. The van der Waals surface area contributed by atoms with Crippen molar-refractivity contribution in [3.05, 3.63) is 53.5 Å². The number of carbonyl (C=O) groups excluding carboxylic acids is 2. The molecule has 1 aliphatic rings. The van der Waals surface area contributed by atoms with E-state index >= 15 is 0 Å². The van der Waals surface area contributed by atoms with Crippen LogP contribution in [0.25, 0.3) is 0 Å². The maximum absolute atomic E-state index is 13.4. The van der Waals surface area contributed by atoms with Gasteiger partial charge in [-0.3, -0.25) is 9.59 Å². The highest BCUT2D eigenvalue weighted by molar-refractivity contribution is 6.01. The lowest BCUT2D eigenvalue weighted by atomic mass is 9.89. The molecule has 0 aliphatic carbocycles. The first-order valence-corrected chi connectivity index (χ1v) is 8.52. The second-order valence-corrected chi connectivity index (χ2v) is 6.07. The van der Waals surface area contributed by atoms with Crippen molar-refractivity contribution in [2.75, 3.05) is 11.9 Å². The van der Waals surface area contributed by atoms with Crippen molar-refractivity contribution in [1.82, 2.24) is 10.3 Å². The van der Waals surface area contributed by atoms with E-state index in [1.54, 1.807) is 12.3 Å². The third kappa shape index (κ3) is 3.99. The number of nitrogens with one attached hydrogen (secondary N) is 2. The summed E-state index contributed by atoms with van der Waals surface area (Å²) < 4.78 is 19.0. The van der Waals surface area contributed by atoms with E-state index in [4.69, 9.17) is 4.74 Å². The average molecular weight is 357 g/mol. The number of amides is 2. The van der Waals surface area contributed by atoms with Crippen LogP contribution in [0.15, 0.2) is 36.5 Å². The number of fused-ring (bicyclic) bond motifs is 1. The molecule has 0 bridgehead atoms. The van der Waals surface area contributed by atoms with Crippen LogP contribution in [-0.4, -0.2) is 23.4 Å². The van der Waals surface area contributed by atoms with Crippen LogP contribution in [0, 0.1) is 5.82 Å². The quantitative estimate of drug-likeness (QED) is 0.833. The van der Waals surface area contributed by atoms with Crippen LogP contribution in [0.1, 0.15) is 36.8 Å². The lowest BCUT2D eigenvalue weighted by molar-refractivity contribution is -0.126. The fourth-order valence-corrected chi connectivity index (χ4v) is 2.86. The van der Waals surface area contributed by atoms with Gasteiger partial charge in [0.05, 0.1) is 12.5 Å². The minimum atomic E-state index is -0.656. The molecule has 1 atom stereocenters. The Bertz CT molecular complexity index is 825. The van der Waals surface area contributed by atoms with Gasteiger partial charge in [0.15, 0.2) is 0 Å². The molecule has 0 saturated carbocycles. The first-order valence-electron chi connectivity index (χ1n) is 8.52. The third-order valence-corrected chi connectivity index (χ3v) is 4.12. The fraction of sp³-hybridized carbons (Fsp3) is 0.316. The smallest absolute Gasteiger partial charge is 0.228 e. The number of halogens is 1. The van der Waals surface area contributed by atoms with Gasteiger partial charge in [0, 0.05) is 30.4 Å². The van der Waals surface area contributed by atoms with Gasteiger partial charge >= 0.3 is 0 Å². The van der Waals surface area contributed by atoms with Gasteiger partial charge in [0.2, 0.25) is 17.7 Å². The molecule has 0 spiro atoms. The van der Waals surface area contributed by atoms with Crippen LogP contribution >= 0.6 is 0 Å². The highest BCUT2D eigenvalue weighted by Gasteiger charge is 2.30. The average Bonchev–Trinajstić information content (AvgIpc) is 2.64. The van der Waals surface area contributed by atoms with Crippen molar-refractivity contribution < 1.29 is 18.7 Å². The number of nitrogens with zero attached hydrogens (tertiary/aromatic N) is 1. The molecule has 0 fully saturated rings. The van der Waals surface area contributed by atoms with Crippen molar-refractivity contribution in [3.63, 3.8) is 0 Å². The third-order valence-electron chi connectivity index (χ3n) is 4.12. The minimum absolute atomic E-state index is 0.0245. The molecule has 2 N–H and O–H groups in total. The van der Waals surface area contributed by atoms with Gasteiger partial charge in [0.1, 0.15) is 5.82 Å². The molecule has 2 aromatic rings. The first kappa shape index (κ1) is 17.8. The molecule has 2 amide bonds. The van der Waals surface area contributed by atoms with Gasteiger partial charge in [-0.05, 0) is 30.2 Å². The molecule has 6 nitrogen and oxygen atoms in total. The second-order valence-electron chi connectivity index (χ2n) is 6.07. The summed E-state index contributed by atoms with van der Waals surface area (Å²) in [5.41, 5.74) is 1.71. The van der Waals surface area contributed by atoms with Crippen molar-refractivity contribution in [1.29, 1.82) is 0 Å². The van der Waals surface area contributed by atoms with Crippen LogP contribution in [0.4, 0.5) is 10.1 Å². The van der Waals surface area contributed by atoms with Crippen LogP contribution in [0.2, 0.25) is 0 Å². The van der Waals surface area contributed by atoms with Crippen LogP contribution in [0.5, 0.6) is 5.88 Å². The topological polar surface area (TPSA) is 80.3 Å². The zero-order valence-corrected chi connectivity index (χ0v) is 14.4. The van der Waals surface area contributed by atoms with Crippen LogP contribution < -0.4 is 15.4 Å². The summed E-state index contributed by atoms with van der Waals surface area (Å²) >= 11 is 0. The van der Waals surface area contributed by atoms with E-state index in [1.807, 2.05) is 13.0 Å². The van der Waals surface area contributed by atoms with Crippen molar-refractivity contribution in [2.24, 2.45) is 0 Å². The largest absolute Gasteiger partial charge is 0.477 e. The number of ether oxygens (including phenoxy) is 1. The predicted molar refractivity (Wildman–Crippen MR) is 94.3 cm³/mol. The SMILES string of the molecule is CCCOc1ncccc1CNC(=O)[C@@H]1CC(=O)Nc2cc(F)ccc21. The zero-order valence-electron chi connectivity index (χ0n) is 14.4. The number of carbonyl (C=O) groups is 2. The Hall–Kier alpha value is -2.96. The number of rotatable bonds is 6. The van der Waals surface area contributed by atoms with Crippen LogP contribution in [0.3, 0.4) is 0 Å². The van der Waals surface area contributed by atoms with Gasteiger partial charge in [-0.2, -0.15) is 0 Å². The van der Waals surface area contributed by atoms with Gasteiger partial charge in [-0.15, -0.1) is 0 Å². The Morgan fingerprint density at radius 2 is 2.27 bits per heavy atom. The summed E-state index contributed by atoms with van der Waals surface area (Å²) in [5, 5.41) is 5.43. The van der Waals surface area contributed by atoms with Gasteiger partial charge in [0.25, 0.3) is 0 Å². The molecule has 0 unspecified atom stereocenters. The van der Waals surface area contributed by atoms with Crippen LogP contribution in [-0.2, 0) is 16.1 Å². The maximum Gasteiger partial charge on any atom is 0.228 e. The van der Waals surface area contributed by atoms with E-state index in [0.717, 1.165) is 12.0 Å². The zero-order chi connectivity index (χ0) is 18.5. The lowest BCUT2D eigenvalue weighted by Gasteiger charge is -2.25. The summed E-state index contributed by atoms with van der Waals surface area (Å²) in [6, 6.07) is 7.65. The molecule has 1 aliphatic heterocycles. The summed E-state index contributed by atoms with van der Waals surface area (Å²) in [5.74, 6) is -1.23. The normalized spacial score (nSPS) is 15.8. The van der Waals surface area contributed by atoms with E-state index < -0.39 is 11.7 Å². The van der Waals surface area contributed by atoms with E-state index in [9.17, 15) is 14.0 Å².